The summed E-state index contributed by atoms with van der Waals surface area (Å²) in [5, 5.41) is 0. The lowest BCUT2D eigenvalue weighted by atomic mass is 9.95. The molecule has 19 heavy (non-hydrogen) atoms. The zero-order valence-corrected chi connectivity index (χ0v) is 13.4. The van der Waals surface area contributed by atoms with Crippen LogP contribution in [0.5, 0.6) is 0 Å². The summed E-state index contributed by atoms with van der Waals surface area (Å²) in [4.78, 5) is 11.7. The summed E-state index contributed by atoms with van der Waals surface area (Å²) >= 11 is 1.92. The first kappa shape index (κ1) is 14.6. The molecule has 1 unspecified atom stereocenters. The highest BCUT2D eigenvalue weighted by Gasteiger charge is 2.21. The fourth-order valence-corrected chi connectivity index (χ4v) is 3.25. The zero-order valence-electron chi connectivity index (χ0n) is 12.6. The van der Waals surface area contributed by atoms with Crippen LogP contribution in [0.3, 0.4) is 0 Å². The third-order valence-electron chi connectivity index (χ3n) is 4.01. The molecule has 1 aromatic rings. The normalized spacial score (nSPS) is 16.0. The molecule has 0 fully saturated rings. The first-order chi connectivity index (χ1) is 9.13. The van der Waals surface area contributed by atoms with E-state index >= 15 is 0 Å². The van der Waals surface area contributed by atoms with E-state index in [0.717, 1.165) is 18.7 Å². The summed E-state index contributed by atoms with van der Waals surface area (Å²) in [6.07, 6.45) is 8.19. The number of thioether (sulfide) groups is 1. The lowest BCUT2D eigenvalue weighted by Gasteiger charge is -2.30. The lowest BCUT2D eigenvalue weighted by molar-refractivity contribution is 0.626. The van der Waals surface area contributed by atoms with E-state index in [1.54, 1.807) is 0 Å². The maximum absolute atomic E-state index is 4.72. The zero-order chi connectivity index (χ0) is 13.8. The number of rotatable bonds is 5. The van der Waals surface area contributed by atoms with Crippen molar-refractivity contribution in [2.45, 2.75) is 52.0 Å². The van der Waals surface area contributed by atoms with Crippen LogP contribution in [0.4, 0.5) is 5.82 Å². The lowest BCUT2D eigenvalue weighted by Crippen LogP contribution is -2.32. The quantitative estimate of drug-likeness (QED) is 0.827. The Labute approximate surface area is 121 Å². The first-order valence-corrected chi connectivity index (χ1v) is 8.61. The molecule has 0 aromatic carbocycles. The monoisotopic (exact) mass is 279 g/mol. The minimum atomic E-state index is 0.535. The molecule has 0 saturated heterocycles. The average molecular weight is 279 g/mol. The highest BCUT2D eigenvalue weighted by Crippen LogP contribution is 2.28. The van der Waals surface area contributed by atoms with Crippen LogP contribution in [0, 0.1) is 6.92 Å². The molecule has 0 N–H and O–H groups in total. The standard InChI is InChI=1S/C15H25N3S/c1-11(9-10-19-4)18(3)15-13-7-5-6-8-14(13)16-12(2)17-15/h11H,5-10H2,1-4H3. The third kappa shape index (κ3) is 3.41. The highest BCUT2D eigenvalue weighted by molar-refractivity contribution is 7.98. The van der Waals surface area contributed by atoms with Gasteiger partial charge < -0.3 is 4.90 Å². The van der Waals surface area contributed by atoms with Gasteiger partial charge >= 0.3 is 0 Å². The van der Waals surface area contributed by atoms with Gasteiger partial charge in [-0.1, -0.05) is 0 Å². The van der Waals surface area contributed by atoms with E-state index in [1.807, 2.05) is 18.7 Å². The molecular weight excluding hydrogens is 254 g/mol. The third-order valence-corrected chi connectivity index (χ3v) is 4.65. The average Bonchev–Trinajstić information content (AvgIpc) is 2.42. The first-order valence-electron chi connectivity index (χ1n) is 7.21. The second-order valence-corrected chi connectivity index (χ2v) is 6.45. The molecule has 3 nitrogen and oxygen atoms in total. The molecule has 1 aliphatic carbocycles. The Balaban J connectivity index is 2.25. The van der Waals surface area contributed by atoms with Gasteiger partial charge in [-0.15, -0.1) is 0 Å². The van der Waals surface area contributed by atoms with Crippen molar-refractivity contribution in [3.63, 3.8) is 0 Å². The molecule has 106 valence electrons. The number of aryl methyl sites for hydroxylation is 2. The van der Waals surface area contributed by atoms with E-state index in [4.69, 9.17) is 4.98 Å². The summed E-state index contributed by atoms with van der Waals surface area (Å²) in [5.41, 5.74) is 2.69. The Morgan fingerprint density at radius 2 is 2.00 bits per heavy atom. The smallest absolute Gasteiger partial charge is 0.135 e. The predicted molar refractivity (Wildman–Crippen MR) is 84.3 cm³/mol. The van der Waals surface area contributed by atoms with Crippen LogP contribution < -0.4 is 4.90 Å². The maximum atomic E-state index is 4.72. The molecule has 0 bridgehead atoms. The molecule has 0 radical (unpaired) electrons. The SMILES string of the molecule is CSCCC(C)N(C)c1nc(C)nc2c1CCCC2. The van der Waals surface area contributed by atoms with Crippen LogP contribution >= 0.6 is 11.8 Å². The van der Waals surface area contributed by atoms with Crippen LogP contribution in [0.15, 0.2) is 0 Å². The van der Waals surface area contributed by atoms with Gasteiger partial charge in [-0.3, -0.25) is 0 Å². The minimum Gasteiger partial charge on any atom is -0.357 e. The largest absolute Gasteiger partial charge is 0.357 e. The Hall–Kier alpha value is -0.770. The van der Waals surface area contributed by atoms with E-state index in [1.165, 1.54) is 42.1 Å². The van der Waals surface area contributed by atoms with Crippen molar-refractivity contribution in [1.82, 2.24) is 9.97 Å². The molecule has 1 aromatic heterocycles. The van der Waals surface area contributed by atoms with Gasteiger partial charge in [-0.05, 0) is 58.0 Å². The fraction of sp³-hybridized carbons (Fsp3) is 0.733. The maximum Gasteiger partial charge on any atom is 0.135 e. The van der Waals surface area contributed by atoms with Gasteiger partial charge in [0, 0.05) is 24.3 Å². The van der Waals surface area contributed by atoms with Crippen LogP contribution in [-0.4, -0.2) is 35.1 Å². The van der Waals surface area contributed by atoms with Crippen LogP contribution in [0.25, 0.3) is 0 Å². The van der Waals surface area contributed by atoms with Crippen LogP contribution in [0.2, 0.25) is 0 Å². The number of hydrogen-bond donors (Lipinski definition) is 0. The van der Waals surface area contributed by atoms with E-state index in [9.17, 15) is 0 Å². The number of hydrogen-bond acceptors (Lipinski definition) is 4. The van der Waals surface area contributed by atoms with Gasteiger partial charge in [0.25, 0.3) is 0 Å². The summed E-state index contributed by atoms with van der Waals surface area (Å²) < 4.78 is 0. The Morgan fingerprint density at radius 1 is 1.26 bits per heavy atom. The van der Waals surface area contributed by atoms with Crippen LogP contribution in [-0.2, 0) is 12.8 Å². The molecule has 0 saturated carbocycles. The van der Waals surface area contributed by atoms with Gasteiger partial charge in [0.1, 0.15) is 11.6 Å². The van der Waals surface area contributed by atoms with Gasteiger partial charge in [0.05, 0.1) is 0 Å². The van der Waals surface area contributed by atoms with Crippen molar-refractivity contribution in [1.29, 1.82) is 0 Å². The molecule has 0 amide bonds. The molecule has 4 heteroatoms. The van der Waals surface area contributed by atoms with Crippen molar-refractivity contribution >= 4 is 17.6 Å². The van der Waals surface area contributed by atoms with Gasteiger partial charge in [-0.2, -0.15) is 11.8 Å². The number of aromatic nitrogens is 2. The molecule has 1 heterocycles. The Kier molecular flexibility index (Phi) is 5.08. The van der Waals surface area contributed by atoms with E-state index in [2.05, 4.69) is 30.1 Å². The van der Waals surface area contributed by atoms with Crippen molar-refractivity contribution in [2.24, 2.45) is 0 Å². The number of nitrogens with zero attached hydrogens (tertiary/aromatic N) is 3. The number of anilines is 1. The molecule has 0 spiro atoms. The predicted octanol–water partition coefficient (Wildman–Crippen LogP) is 3.24. The van der Waals surface area contributed by atoms with Gasteiger partial charge in [0.2, 0.25) is 0 Å². The second kappa shape index (κ2) is 6.60. The molecule has 0 aliphatic heterocycles. The fourth-order valence-electron chi connectivity index (χ4n) is 2.68. The van der Waals surface area contributed by atoms with E-state index < -0.39 is 0 Å². The van der Waals surface area contributed by atoms with Crippen molar-refractivity contribution in [3.8, 4) is 0 Å². The Morgan fingerprint density at radius 3 is 2.74 bits per heavy atom. The van der Waals surface area contributed by atoms with Crippen molar-refractivity contribution in [3.05, 3.63) is 17.1 Å². The van der Waals surface area contributed by atoms with E-state index in [0.29, 0.717) is 6.04 Å². The van der Waals surface area contributed by atoms with Gasteiger partial charge in [0.15, 0.2) is 0 Å². The topological polar surface area (TPSA) is 29.0 Å². The highest BCUT2D eigenvalue weighted by atomic mass is 32.2. The Bertz CT molecular complexity index is 434. The summed E-state index contributed by atoms with van der Waals surface area (Å²) in [6.45, 7) is 4.31. The number of fused-ring (bicyclic) bond motifs is 1. The van der Waals surface area contributed by atoms with Crippen molar-refractivity contribution < 1.29 is 0 Å². The minimum absolute atomic E-state index is 0.535. The molecule has 2 rings (SSSR count). The summed E-state index contributed by atoms with van der Waals surface area (Å²) in [7, 11) is 2.18. The molecular formula is C15H25N3S. The summed E-state index contributed by atoms with van der Waals surface area (Å²) in [6, 6.07) is 0.535. The van der Waals surface area contributed by atoms with E-state index in [-0.39, 0.29) is 0 Å². The van der Waals surface area contributed by atoms with Crippen LogP contribution in [0.1, 0.15) is 43.3 Å². The van der Waals surface area contributed by atoms with Gasteiger partial charge in [-0.25, -0.2) is 9.97 Å². The second-order valence-electron chi connectivity index (χ2n) is 5.47. The molecule has 1 aliphatic rings. The summed E-state index contributed by atoms with van der Waals surface area (Å²) in [5.74, 6) is 3.30. The molecule has 1 atom stereocenters. The van der Waals surface area contributed by atoms with Crippen molar-refractivity contribution in [2.75, 3.05) is 24.0 Å².